The van der Waals surface area contributed by atoms with Crippen LogP contribution < -0.4 is 0 Å². The van der Waals surface area contributed by atoms with Crippen LogP contribution in [-0.4, -0.2) is 30.6 Å². The number of hydrogen-bond acceptors (Lipinski definition) is 2. The van der Waals surface area contributed by atoms with Crippen molar-refractivity contribution in [2.75, 3.05) is 13.7 Å². The van der Waals surface area contributed by atoms with Gasteiger partial charge in [-0.05, 0) is 38.1 Å². The van der Waals surface area contributed by atoms with E-state index >= 15 is 0 Å². The molecular formula is C13H15Cl2NO. The van der Waals surface area contributed by atoms with Crippen molar-refractivity contribution in [1.82, 2.24) is 4.90 Å². The Bertz CT molecular complexity index is 465. The van der Waals surface area contributed by atoms with Crippen LogP contribution in [-0.2, 0) is 10.3 Å². The Hall–Kier alpha value is -0.280. The number of likely N-dealkylation sites (N-methyl/N-ethyl adjacent to an activating group) is 1. The van der Waals surface area contributed by atoms with Crippen LogP contribution in [0.3, 0.4) is 0 Å². The minimum Gasteiger partial charge on any atom is -0.367 e. The summed E-state index contributed by atoms with van der Waals surface area (Å²) in [5, 5.41) is 1.20. The fourth-order valence-corrected chi connectivity index (χ4v) is 3.41. The minimum absolute atomic E-state index is 0.201. The molecule has 4 heteroatoms. The Morgan fingerprint density at radius 2 is 2.12 bits per heavy atom. The van der Waals surface area contributed by atoms with Crippen LogP contribution in [0.15, 0.2) is 18.2 Å². The van der Waals surface area contributed by atoms with E-state index in [0.29, 0.717) is 22.1 Å². The number of morpholine rings is 1. The molecule has 1 aromatic carbocycles. The maximum Gasteiger partial charge on any atom is 0.110 e. The van der Waals surface area contributed by atoms with Crippen LogP contribution in [0.4, 0.5) is 0 Å². The zero-order chi connectivity index (χ0) is 12.2. The molecular weight excluding hydrogens is 257 g/mol. The third-order valence-electron chi connectivity index (χ3n) is 4.34. The fourth-order valence-electron chi connectivity index (χ4n) is 3.11. The highest BCUT2D eigenvalue weighted by Crippen LogP contribution is 2.49. The molecule has 1 aromatic rings. The van der Waals surface area contributed by atoms with E-state index < -0.39 is 0 Å². The molecule has 0 radical (unpaired) electrons. The molecule has 0 saturated carbocycles. The SMILES string of the molecule is CC1N(C)C2COC1(c1ccc(Cl)c(Cl)c1)C2. The number of likely N-dealkylation sites (tertiary alicyclic amines) is 1. The highest BCUT2D eigenvalue weighted by molar-refractivity contribution is 6.42. The lowest BCUT2D eigenvalue weighted by molar-refractivity contribution is -0.0777. The van der Waals surface area contributed by atoms with Crippen LogP contribution in [0.5, 0.6) is 0 Å². The van der Waals surface area contributed by atoms with Crippen LogP contribution in [0.1, 0.15) is 18.9 Å². The molecule has 2 bridgehead atoms. The van der Waals surface area contributed by atoms with E-state index in [1.165, 1.54) is 0 Å². The van der Waals surface area contributed by atoms with Gasteiger partial charge in [0.25, 0.3) is 0 Å². The van der Waals surface area contributed by atoms with E-state index in [1.807, 2.05) is 18.2 Å². The summed E-state index contributed by atoms with van der Waals surface area (Å²) >= 11 is 12.1. The molecule has 3 unspecified atom stereocenters. The van der Waals surface area contributed by atoms with Crippen LogP contribution in [0.2, 0.25) is 10.0 Å². The van der Waals surface area contributed by atoms with E-state index in [9.17, 15) is 0 Å². The summed E-state index contributed by atoms with van der Waals surface area (Å²) in [4.78, 5) is 2.39. The molecule has 2 aliphatic rings. The molecule has 3 rings (SSSR count). The molecule has 92 valence electrons. The number of rotatable bonds is 1. The minimum atomic E-state index is -0.201. The van der Waals surface area contributed by atoms with E-state index in [0.717, 1.165) is 18.6 Å². The van der Waals surface area contributed by atoms with E-state index in [1.54, 1.807) is 0 Å². The number of benzene rings is 1. The van der Waals surface area contributed by atoms with Crippen molar-refractivity contribution in [2.45, 2.75) is 31.0 Å². The van der Waals surface area contributed by atoms with Gasteiger partial charge in [0.2, 0.25) is 0 Å². The highest BCUT2D eigenvalue weighted by atomic mass is 35.5. The number of hydrogen-bond donors (Lipinski definition) is 0. The molecule has 3 atom stereocenters. The second-order valence-corrected chi connectivity index (χ2v) is 5.84. The smallest absolute Gasteiger partial charge is 0.110 e. The molecule has 2 saturated heterocycles. The Morgan fingerprint density at radius 3 is 2.71 bits per heavy atom. The molecule has 0 amide bonds. The van der Waals surface area contributed by atoms with Gasteiger partial charge in [-0.3, -0.25) is 4.90 Å². The van der Waals surface area contributed by atoms with Crippen molar-refractivity contribution in [2.24, 2.45) is 0 Å². The number of ether oxygens (including phenoxy) is 1. The standard InChI is InChI=1S/C13H15Cl2NO/c1-8-13(6-10(7-17-13)16(8)2)9-3-4-11(14)12(15)5-9/h3-5,8,10H,6-7H2,1-2H3. The normalized spacial score (nSPS) is 36.7. The fraction of sp³-hybridized carbons (Fsp3) is 0.538. The summed E-state index contributed by atoms with van der Waals surface area (Å²) in [6.07, 6.45) is 1.04. The number of fused-ring (bicyclic) bond motifs is 2. The Kier molecular flexibility index (Phi) is 2.67. The van der Waals surface area contributed by atoms with E-state index in [4.69, 9.17) is 27.9 Å². The summed E-state index contributed by atoms with van der Waals surface area (Å²) < 4.78 is 6.06. The molecule has 0 aliphatic carbocycles. The van der Waals surface area contributed by atoms with Gasteiger partial charge in [-0.25, -0.2) is 0 Å². The molecule has 2 fully saturated rings. The zero-order valence-electron chi connectivity index (χ0n) is 9.91. The van der Waals surface area contributed by atoms with Gasteiger partial charge in [-0.2, -0.15) is 0 Å². The average Bonchev–Trinajstić information content (AvgIpc) is 2.84. The van der Waals surface area contributed by atoms with Gasteiger partial charge < -0.3 is 4.74 Å². The van der Waals surface area contributed by atoms with Gasteiger partial charge in [-0.15, -0.1) is 0 Å². The largest absolute Gasteiger partial charge is 0.367 e. The van der Waals surface area contributed by atoms with Gasteiger partial charge in [0.1, 0.15) is 5.60 Å². The van der Waals surface area contributed by atoms with Crippen LogP contribution in [0, 0.1) is 0 Å². The molecule has 2 aliphatic heterocycles. The molecule has 2 heterocycles. The van der Waals surface area contributed by atoms with Crippen molar-refractivity contribution in [1.29, 1.82) is 0 Å². The monoisotopic (exact) mass is 271 g/mol. The molecule has 2 nitrogen and oxygen atoms in total. The summed E-state index contributed by atoms with van der Waals surface area (Å²) in [5.41, 5.74) is 0.944. The van der Waals surface area contributed by atoms with E-state index in [-0.39, 0.29) is 5.60 Å². The first kappa shape index (κ1) is 11.8. The van der Waals surface area contributed by atoms with Crippen molar-refractivity contribution in [3.05, 3.63) is 33.8 Å². The quantitative estimate of drug-likeness (QED) is 0.777. The first-order chi connectivity index (χ1) is 8.04. The van der Waals surface area contributed by atoms with E-state index in [2.05, 4.69) is 18.9 Å². The van der Waals surface area contributed by atoms with Gasteiger partial charge in [0, 0.05) is 12.1 Å². The summed E-state index contributed by atoms with van der Waals surface area (Å²) in [6.45, 7) is 3.02. The molecule has 0 spiro atoms. The van der Waals surface area contributed by atoms with Gasteiger partial charge >= 0.3 is 0 Å². The summed E-state index contributed by atoms with van der Waals surface area (Å²) in [7, 11) is 2.16. The first-order valence-electron chi connectivity index (χ1n) is 5.86. The van der Waals surface area contributed by atoms with Crippen LogP contribution in [0.25, 0.3) is 0 Å². The number of halogens is 2. The second kappa shape index (κ2) is 3.86. The third kappa shape index (κ3) is 1.55. The molecule has 17 heavy (non-hydrogen) atoms. The Morgan fingerprint density at radius 1 is 1.35 bits per heavy atom. The Balaban J connectivity index is 2.06. The maximum absolute atomic E-state index is 6.11. The number of nitrogens with zero attached hydrogens (tertiary/aromatic N) is 1. The zero-order valence-corrected chi connectivity index (χ0v) is 11.4. The predicted octanol–water partition coefficient (Wildman–Crippen LogP) is 3.31. The van der Waals surface area contributed by atoms with Crippen molar-refractivity contribution in [3.63, 3.8) is 0 Å². The van der Waals surface area contributed by atoms with Crippen molar-refractivity contribution >= 4 is 23.2 Å². The van der Waals surface area contributed by atoms with Crippen molar-refractivity contribution in [3.8, 4) is 0 Å². The summed E-state index contributed by atoms with van der Waals surface area (Å²) in [6, 6.07) is 6.74. The lowest BCUT2D eigenvalue weighted by atomic mass is 9.87. The topological polar surface area (TPSA) is 12.5 Å². The second-order valence-electron chi connectivity index (χ2n) is 5.03. The van der Waals surface area contributed by atoms with Gasteiger partial charge in [0.15, 0.2) is 0 Å². The average molecular weight is 272 g/mol. The molecule has 0 aromatic heterocycles. The van der Waals surface area contributed by atoms with Gasteiger partial charge in [0.05, 0.1) is 16.7 Å². The predicted molar refractivity (Wildman–Crippen MR) is 69.7 cm³/mol. The third-order valence-corrected chi connectivity index (χ3v) is 5.08. The lowest BCUT2D eigenvalue weighted by Crippen LogP contribution is -2.46. The molecule has 0 N–H and O–H groups in total. The Labute approximate surface area is 111 Å². The highest BCUT2D eigenvalue weighted by Gasteiger charge is 2.55. The first-order valence-corrected chi connectivity index (χ1v) is 6.61. The lowest BCUT2D eigenvalue weighted by Gasteiger charge is -2.38. The van der Waals surface area contributed by atoms with Crippen LogP contribution >= 0.6 is 23.2 Å². The summed E-state index contributed by atoms with van der Waals surface area (Å²) in [5.74, 6) is 0. The maximum atomic E-state index is 6.11. The van der Waals surface area contributed by atoms with Crippen molar-refractivity contribution < 1.29 is 4.74 Å². The van der Waals surface area contributed by atoms with Gasteiger partial charge in [-0.1, -0.05) is 29.3 Å².